The van der Waals surface area contributed by atoms with E-state index in [2.05, 4.69) is 20.8 Å². The number of benzene rings is 3. The van der Waals surface area contributed by atoms with Crippen molar-refractivity contribution in [1.82, 2.24) is 15.5 Å². The van der Waals surface area contributed by atoms with E-state index in [0.29, 0.717) is 21.6 Å². The van der Waals surface area contributed by atoms with Crippen LogP contribution < -0.4 is 10.6 Å². The van der Waals surface area contributed by atoms with Crippen LogP contribution in [0.1, 0.15) is 15.9 Å². The molecule has 0 aliphatic heterocycles. The van der Waals surface area contributed by atoms with Gasteiger partial charge in [-0.1, -0.05) is 83.8 Å². The first-order valence-electron chi connectivity index (χ1n) is 9.74. The van der Waals surface area contributed by atoms with Crippen molar-refractivity contribution in [3.05, 3.63) is 83.9 Å². The summed E-state index contributed by atoms with van der Waals surface area (Å²) in [5.41, 5.74) is 1.74. The van der Waals surface area contributed by atoms with E-state index in [9.17, 15) is 9.59 Å². The van der Waals surface area contributed by atoms with Gasteiger partial charge in [0, 0.05) is 12.1 Å². The third-order valence-electron chi connectivity index (χ3n) is 4.54. The zero-order valence-electron chi connectivity index (χ0n) is 16.6. The third kappa shape index (κ3) is 5.90. The molecule has 8 heteroatoms. The van der Waals surface area contributed by atoms with E-state index < -0.39 is 0 Å². The Labute approximate surface area is 188 Å². The van der Waals surface area contributed by atoms with Gasteiger partial charge in [-0.2, -0.15) is 0 Å². The minimum atomic E-state index is -0.239. The maximum absolute atomic E-state index is 12.5. The number of amides is 2. The average Bonchev–Trinajstić information content (AvgIpc) is 3.25. The van der Waals surface area contributed by atoms with Gasteiger partial charge in [-0.3, -0.25) is 14.9 Å². The maximum atomic E-state index is 12.5. The first-order chi connectivity index (χ1) is 15.2. The summed E-state index contributed by atoms with van der Waals surface area (Å²) in [4.78, 5) is 24.6. The van der Waals surface area contributed by atoms with Crippen molar-refractivity contribution < 1.29 is 9.59 Å². The fraction of sp³-hybridized carbons (Fsp3) is 0.130. The van der Waals surface area contributed by atoms with Gasteiger partial charge in [-0.05, 0) is 34.9 Å². The average molecular weight is 449 g/mol. The molecule has 2 amide bonds. The number of rotatable bonds is 8. The molecule has 4 aromatic rings. The van der Waals surface area contributed by atoms with Gasteiger partial charge < -0.3 is 5.32 Å². The molecule has 156 valence electrons. The first-order valence-corrected chi connectivity index (χ1v) is 11.5. The molecule has 0 fully saturated rings. The van der Waals surface area contributed by atoms with E-state index in [1.807, 2.05) is 66.7 Å². The molecule has 0 radical (unpaired) electrons. The van der Waals surface area contributed by atoms with Gasteiger partial charge in [0.1, 0.15) is 0 Å². The Morgan fingerprint density at radius 1 is 0.903 bits per heavy atom. The highest BCUT2D eigenvalue weighted by molar-refractivity contribution is 8.01. The minimum absolute atomic E-state index is 0.0575. The van der Waals surface area contributed by atoms with Gasteiger partial charge in [0.15, 0.2) is 4.34 Å². The highest BCUT2D eigenvalue weighted by Gasteiger charge is 2.12. The number of hydrogen-bond donors (Lipinski definition) is 2. The molecule has 2 N–H and O–H groups in total. The molecule has 0 bridgehead atoms. The van der Waals surface area contributed by atoms with Gasteiger partial charge >= 0.3 is 0 Å². The van der Waals surface area contributed by atoms with Crippen LogP contribution in [0.5, 0.6) is 0 Å². The lowest BCUT2D eigenvalue weighted by Gasteiger charge is -2.04. The summed E-state index contributed by atoms with van der Waals surface area (Å²) >= 11 is 2.55. The molecule has 0 spiro atoms. The topological polar surface area (TPSA) is 84.0 Å². The Kier molecular flexibility index (Phi) is 6.91. The molecular formula is C23H20N4O2S2. The van der Waals surface area contributed by atoms with Crippen LogP contribution in [0, 0.1) is 0 Å². The second-order valence-corrected chi connectivity index (χ2v) is 8.96. The van der Waals surface area contributed by atoms with Crippen molar-refractivity contribution in [2.45, 2.75) is 10.8 Å². The number of carbonyl (C=O) groups is 2. The summed E-state index contributed by atoms with van der Waals surface area (Å²) in [6.07, 6.45) is 0.793. The lowest BCUT2D eigenvalue weighted by Crippen LogP contribution is -2.27. The van der Waals surface area contributed by atoms with Gasteiger partial charge in [0.2, 0.25) is 11.0 Å². The first kappa shape index (κ1) is 21.0. The van der Waals surface area contributed by atoms with Crippen LogP contribution in [0.4, 0.5) is 5.13 Å². The second kappa shape index (κ2) is 10.2. The predicted molar refractivity (Wildman–Crippen MR) is 126 cm³/mol. The molecule has 0 aliphatic carbocycles. The van der Waals surface area contributed by atoms with E-state index in [4.69, 9.17) is 0 Å². The Morgan fingerprint density at radius 3 is 2.52 bits per heavy atom. The van der Waals surface area contributed by atoms with Crippen molar-refractivity contribution in [2.75, 3.05) is 17.6 Å². The number of hydrogen-bond acceptors (Lipinski definition) is 6. The highest BCUT2D eigenvalue weighted by atomic mass is 32.2. The number of aromatic nitrogens is 2. The van der Waals surface area contributed by atoms with E-state index >= 15 is 0 Å². The summed E-state index contributed by atoms with van der Waals surface area (Å²) < 4.78 is 0.632. The predicted octanol–water partition coefficient (Wildman–Crippen LogP) is 4.39. The molecule has 3 aromatic carbocycles. The highest BCUT2D eigenvalue weighted by Crippen LogP contribution is 2.26. The fourth-order valence-electron chi connectivity index (χ4n) is 2.99. The number of carbonyl (C=O) groups excluding carboxylic acids is 2. The molecule has 6 nitrogen and oxygen atoms in total. The van der Waals surface area contributed by atoms with Crippen LogP contribution in [0.25, 0.3) is 10.8 Å². The molecule has 0 aliphatic rings. The van der Waals surface area contributed by atoms with Crippen LogP contribution in [-0.2, 0) is 11.2 Å². The van der Waals surface area contributed by atoms with Gasteiger partial charge in [-0.15, -0.1) is 10.2 Å². The van der Waals surface area contributed by atoms with Gasteiger partial charge in [0.05, 0.1) is 5.75 Å². The number of nitrogens with one attached hydrogen (secondary N) is 2. The molecule has 31 heavy (non-hydrogen) atoms. The maximum Gasteiger partial charge on any atom is 0.257 e. The monoisotopic (exact) mass is 448 g/mol. The van der Waals surface area contributed by atoms with E-state index in [-0.39, 0.29) is 17.6 Å². The number of anilines is 1. The van der Waals surface area contributed by atoms with Crippen LogP contribution in [-0.4, -0.2) is 34.3 Å². The molecule has 1 aromatic heterocycles. The smallest absolute Gasteiger partial charge is 0.257 e. The standard InChI is InChI=1S/C23H20N4O2S2/c28-20(24-13-12-16-6-2-1-3-7-16)15-30-23-27-26-22(31-23)25-21(29)19-11-10-17-8-4-5-9-18(17)14-19/h1-11,14H,12-13,15H2,(H,24,28)(H,25,26,29). The summed E-state index contributed by atoms with van der Waals surface area (Å²) in [5, 5.41) is 16.2. The molecular weight excluding hydrogens is 428 g/mol. The molecule has 0 atom stereocenters. The van der Waals surface area contributed by atoms with Crippen LogP contribution in [0.2, 0.25) is 0 Å². The lowest BCUT2D eigenvalue weighted by molar-refractivity contribution is -0.118. The van der Waals surface area contributed by atoms with Gasteiger partial charge in [-0.25, -0.2) is 0 Å². The van der Waals surface area contributed by atoms with E-state index in [0.717, 1.165) is 17.2 Å². The summed E-state index contributed by atoms with van der Waals surface area (Å²) in [5.74, 6) is -0.0443. The molecule has 4 rings (SSSR count). The number of thioether (sulfide) groups is 1. The van der Waals surface area contributed by atoms with Crippen molar-refractivity contribution >= 4 is 50.8 Å². The summed E-state index contributed by atoms with van der Waals surface area (Å²) in [6, 6.07) is 23.4. The molecule has 0 unspecified atom stereocenters. The zero-order chi connectivity index (χ0) is 21.5. The Hall–Kier alpha value is -3.23. The normalized spacial score (nSPS) is 10.7. The lowest BCUT2D eigenvalue weighted by atomic mass is 10.1. The Balaban J connectivity index is 1.25. The second-order valence-electron chi connectivity index (χ2n) is 6.76. The summed E-state index contributed by atoms with van der Waals surface area (Å²) in [7, 11) is 0. The third-order valence-corrected chi connectivity index (χ3v) is 6.52. The van der Waals surface area contributed by atoms with Crippen LogP contribution >= 0.6 is 23.1 Å². The van der Waals surface area contributed by atoms with E-state index in [1.54, 1.807) is 6.07 Å². The van der Waals surface area contributed by atoms with Crippen molar-refractivity contribution in [3.8, 4) is 0 Å². The molecule has 0 saturated carbocycles. The summed E-state index contributed by atoms with van der Waals surface area (Å²) in [6.45, 7) is 0.590. The molecule has 1 heterocycles. The largest absolute Gasteiger partial charge is 0.355 e. The minimum Gasteiger partial charge on any atom is -0.355 e. The fourth-order valence-corrected chi connectivity index (χ4v) is 4.56. The van der Waals surface area contributed by atoms with E-state index in [1.165, 1.54) is 28.7 Å². The number of nitrogens with zero attached hydrogens (tertiary/aromatic N) is 2. The van der Waals surface area contributed by atoms with Crippen molar-refractivity contribution in [2.24, 2.45) is 0 Å². The Bertz CT molecular complexity index is 1190. The van der Waals surface area contributed by atoms with Crippen LogP contribution in [0.3, 0.4) is 0 Å². The van der Waals surface area contributed by atoms with Crippen LogP contribution in [0.15, 0.2) is 77.1 Å². The van der Waals surface area contributed by atoms with Crippen molar-refractivity contribution in [3.63, 3.8) is 0 Å². The Morgan fingerprint density at radius 2 is 1.68 bits per heavy atom. The number of fused-ring (bicyclic) bond motifs is 1. The SMILES string of the molecule is O=C(CSc1nnc(NC(=O)c2ccc3ccccc3c2)s1)NCCc1ccccc1. The molecule has 0 saturated heterocycles. The zero-order valence-corrected chi connectivity index (χ0v) is 18.2. The van der Waals surface area contributed by atoms with Crippen molar-refractivity contribution in [1.29, 1.82) is 0 Å². The van der Waals surface area contributed by atoms with Gasteiger partial charge in [0.25, 0.3) is 5.91 Å². The quantitative estimate of drug-likeness (QED) is 0.308.